The first-order valence-corrected chi connectivity index (χ1v) is 10.4. The van der Waals surface area contributed by atoms with Crippen molar-refractivity contribution in [2.75, 3.05) is 32.7 Å². The molecule has 4 nitrogen and oxygen atoms in total. The Morgan fingerprint density at radius 1 is 1.23 bits per heavy atom. The standard InChI is InChI=1S/C21H31F5N4/c1-3-27-20(29-18-8-11-30(12-9-18)14-19(22)23)28-10-7-15(2)16-5-4-6-17(13-16)21(24,25)26/h4-6,13,15,18-19H,3,7-12,14H2,1-2H3,(H2,27,28,29). The van der Waals surface area contributed by atoms with Crippen LogP contribution in [0.4, 0.5) is 22.0 Å². The third-order valence-corrected chi connectivity index (χ3v) is 5.28. The number of aliphatic imine (C=N–C) groups is 1. The molecule has 0 saturated carbocycles. The molecule has 0 aromatic heterocycles. The number of rotatable bonds is 8. The molecular formula is C21H31F5N4. The Balaban J connectivity index is 1.86. The van der Waals surface area contributed by atoms with Gasteiger partial charge in [-0.2, -0.15) is 13.2 Å². The summed E-state index contributed by atoms with van der Waals surface area (Å²) in [5.41, 5.74) is 0.00734. The van der Waals surface area contributed by atoms with Crippen molar-refractivity contribution in [3.05, 3.63) is 35.4 Å². The van der Waals surface area contributed by atoms with Crippen LogP contribution in [0, 0.1) is 0 Å². The Labute approximate surface area is 174 Å². The minimum Gasteiger partial charge on any atom is -0.357 e. The average molecular weight is 434 g/mol. The smallest absolute Gasteiger partial charge is 0.357 e. The molecule has 2 N–H and O–H groups in total. The minimum atomic E-state index is -4.35. The highest BCUT2D eigenvalue weighted by atomic mass is 19.4. The Morgan fingerprint density at radius 2 is 1.93 bits per heavy atom. The maximum absolute atomic E-state index is 12.9. The Bertz CT molecular complexity index is 670. The predicted octanol–water partition coefficient (Wildman–Crippen LogP) is 4.48. The Kier molecular flexibility index (Phi) is 9.33. The van der Waals surface area contributed by atoms with Crippen molar-refractivity contribution in [2.45, 2.75) is 57.7 Å². The Morgan fingerprint density at radius 3 is 2.53 bits per heavy atom. The average Bonchev–Trinajstić information content (AvgIpc) is 2.68. The molecule has 1 saturated heterocycles. The van der Waals surface area contributed by atoms with Crippen LogP contribution < -0.4 is 10.6 Å². The molecule has 1 unspecified atom stereocenters. The van der Waals surface area contributed by atoms with E-state index in [1.54, 1.807) is 11.0 Å². The van der Waals surface area contributed by atoms with Gasteiger partial charge in [-0.3, -0.25) is 9.89 Å². The van der Waals surface area contributed by atoms with Crippen LogP contribution in [-0.2, 0) is 6.18 Å². The first-order valence-electron chi connectivity index (χ1n) is 10.4. The van der Waals surface area contributed by atoms with Gasteiger partial charge < -0.3 is 10.6 Å². The summed E-state index contributed by atoms with van der Waals surface area (Å²) in [7, 11) is 0. The number of hydrogen-bond acceptors (Lipinski definition) is 2. The lowest BCUT2D eigenvalue weighted by Gasteiger charge is -2.32. The molecule has 0 bridgehead atoms. The molecule has 1 heterocycles. The van der Waals surface area contributed by atoms with Gasteiger partial charge in [-0.15, -0.1) is 0 Å². The lowest BCUT2D eigenvalue weighted by molar-refractivity contribution is -0.137. The van der Waals surface area contributed by atoms with E-state index in [0.717, 1.165) is 18.9 Å². The molecule has 30 heavy (non-hydrogen) atoms. The molecule has 0 aliphatic carbocycles. The van der Waals surface area contributed by atoms with Crippen LogP contribution in [0.1, 0.15) is 50.2 Å². The predicted molar refractivity (Wildman–Crippen MR) is 109 cm³/mol. The second kappa shape index (κ2) is 11.5. The van der Waals surface area contributed by atoms with Crippen molar-refractivity contribution in [2.24, 2.45) is 4.99 Å². The van der Waals surface area contributed by atoms with Crippen LogP contribution in [0.25, 0.3) is 0 Å². The summed E-state index contributed by atoms with van der Waals surface area (Å²) in [4.78, 5) is 6.32. The molecule has 170 valence electrons. The van der Waals surface area contributed by atoms with Crippen LogP contribution in [-0.4, -0.2) is 56.1 Å². The third kappa shape index (κ3) is 8.08. The highest BCUT2D eigenvalue weighted by molar-refractivity contribution is 5.80. The van der Waals surface area contributed by atoms with Gasteiger partial charge in [0.25, 0.3) is 6.43 Å². The fourth-order valence-corrected chi connectivity index (χ4v) is 3.53. The van der Waals surface area contributed by atoms with E-state index >= 15 is 0 Å². The molecule has 0 spiro atoms. The van der Waals surface area contributed by atoms with Crippen molar-refractivity contribution in [3.63, 3.8) is 0 Å². The van der Waals surface area contributed by atoms with E-state index in [9.17, 15) is 22.0 Å². The van der Waals surface area contributed by atoms with Crippen molar-refractivity contribution in [1.82, 2.24) is 15.5 Å². The van der Waals surface area contributed by atoms with Crippen molar-refractivity contribution >= 4 is 5.96 Å². The summed E-state index contributed by atoms with van der Waals surface area (Å²) in [5, 5.41) is 6.52. The van der Waals surface area contributed by atoms with Gasteiger partial charge in [0.1, 0.15) is 0 Å². The van der Waals surface area contributed by atoms with Crippen LogP contribution in [0.5, 0.6) is 0 Å². The number of nitrogens with one attached hydrogen (secondary N) is 2. The summed E-state index contributed by atoms with van der Waals surface area (Å²) in [5.74, 6) is 0.595. The molecule has 9 heteroatoms. The molecule has 1 aliphatic heterocycles. The normalized spacial score (nSPS) is 17.9. The zero-order valence-corrected chi connectivity index (χ0v) is 17.5. The Hall–Kier alpha value is -1.90. The van der Waals surface area contributed by atoms with Gasteiger partial charge >= 0.3 is 6.18 Å². The minimum absolute atomic E-state index is 0.0588. The quantitative estimate of drug-likeness (QED) is 0.360. The molecule has 1 aliphatic rings. The van der Waals surface area contributed by atoms with E-state index < -0.39 is 18.2 Å². The number of hydrogen-bond donors (Lipinski definition) is 2. The number of guanidine groups is 1. The van der Waals surface area contributed by atoms with E-state index in [4.69, 9.17) is 0 Å². The maximum atomic E-state index is 12.9. The van der Waals surface area contributed by atoms with Gasteiger partial charge in [0, 0.05) is 32.2 Å². The molecule has 1 aromatic rings. The zero-order chi connectivity index (χ0) is 22.1. The largest absolute Gasteiger partial charge is 0.416 e. The summed E-state index contributed by atoms with van der Waals surface area (Å²) in [6.45, 7) is 6.05. The number of nitrogens with zero attached hydrogens (tertiary/aromatic N) is 2. The first-order chi connectivity index (χ1) is 14.2. The van der Waals surface area contributed by atoms with E-state index in [1.165, 1.54) is 12.1 Å². The molecule has 1 fully saturated rings. The number of alkyl halides is 5. The van der Waals surface area contributed by atoms with Crippen LogP contribution in [0.3, 0.4) is 0 Å². The lowest BCUT2D eigenvalue weighted by Crippen LogP contribution is -2.49. The van der Waals surface area contributed by atoms with Crippen LogP contribution in [0.15, 0.2) is 29.3 Å². The molecule has 2 rings (SSSR count). The third-order valence-electron chi connectivity index (χ3n) is 5.28. The summed E-state index contributed by atoms with van der Waals surface area (Å²) < 4.78 is 63.7. The van der Waals surface area contributed by atoms with Crippen LogP contribution in [0.2, 0.25) is 0 Å². The molecule has 0 amide bonds. The zero-order valence-electron chi connectivity index (χ0n) is 17.5. The van der Waals surface area contributed by atoms with Crippen molar-refractivity contribution in [1.29, 1.82) is 0 Å². The van der Waals surface area contributed by atoms with E-state index in [-0.39, 0.29) is 18.5 Å². The number of likely N-dealkylation sites (tertiary alicyclic amines) is 1. The number of benzene rings is 1. The topological polar surface area (TPSA) is 39.7 Å². The monoisotopic (exact) mass is 434 g/mol. The van der Waals surface area contributed by atoms with Gasteiger partial charge in [-0.25, -0.2) is 8.78 Å². The van der Waals surface area contributed by atoms with E-state index in [1.807, 2.05) is 13.8 Å². The first kappa shape index (κ1) is 24.4. The highest BCUT2D eigenvalue weighted by Crippen LogP contribution is 2.31. The fraction of sp³-hybridized carbons (Fsp3) is 0.667. The lowest BCUT2D eigenvalue weighted by atomic mass is 9.96. The van der Waals surface area contributed by atoms with Gasteiger partial charge in [0.2, 0.25) is 0 Å². The molecule has 0 radical (unpaired) electrons. The van der Waals surface area contributed by atoms with E-state index in [0.29, 0.717) is 44.1 Å². The van der Waals surface area contributed by atoms with Crippen molar-refractivity contribution < 1.29 is 22.0 Å². The number of piperidine rings is 1. The maximum Gasteiger partial charge on any atom is 0.416 e. The van der Waals surface area contributed by atoms with Gasteiger partial charge in [-0.05, 0) is 43.7 Å². The SMILES string of the molecule is CCNC(=NCCC(C)c1cccc(C(F)(F)F)c1)NC1CCN(CC(F)F)CC1. The van der Waals surface area contributed by atoms with Gasteiger partial charge in [-0.1, -0.05) is 25.1 Å². The van der Waals surface area contributed by atoms with Gasteiger partial charge in [0.15, 0.2) is 5.96 Å². The fourth-order valence-electron chi connectivity index (χ4n) is 3.53. The second-order valence-corrected chi connectivity index (χ2v) is 7.68. The highest BCUT2D eigenvalue weighted by Gasteiger charge is 2.30. The van der Waals surface area contributed by atoms with Crippen LogP contribution >= 0.6 is 0 Å². The molecular weight excluding hydrogens is 403 g/mol. The summed E-state index contributed by atoms with van der Waals surface area (Å²) in [6, 6.07) is 5.58. The summed E-state index contributed by atoms with van der Waals surface area (Å²) in [6.07, 6.45) is -4.52. The number of halogens is 5. The molecule has 1 aromatic carbocycles. The molecule has 1 atom stereocenters. The van der Waals surface area contributed by atoms with E-state index in [2.05, 4.69) is 15.6 Å². The second-order valence-electron chi connectivity index (χ2n) is 7.68. The van der Waals surface area contributed by atoms with Gasteiger partial charge in [0.05, 0.1) is 12.1 Å². The summed E-state index contributed by atoms with van der Waals surface area (Å²) >= 11 is 0. The van der Waals surface area contributed by atoms with Crippen molar-refractivity contribution in [3.8, 4) is 0 Å².